The SMILES string of the molecule is O=C(N[C@H]1C[C@H]2CC[C@H]1C2)c1ccc(-c2noc(C(F)(F)F)n2)cc1. The molecule has 5 nitrogen and oxygen atoms in total. The van der Waals surface area contributed by atoms with E-state index in [9.17, 15) is 18.0 Å². The normalized spacial score (nSPS) is 25.3. The molecule has 132 valence electrons. The fourth-order valence-corrected chi connectivity index (χ4v) is 3.90. The molecular weight excluding hydrogens is 335 g/mol. The van der Waals surface area contributed by atoms with Crippen LogP contribution in [0.25, 0.3) is 11.4 Å². The fourth-order valence-electron chi connectivity index (χ4n) is 3.90. The van der Waals surface area contributed by atoms with Crippen LogP contribution in [0.1, 0.15) is 41.9 Å². The van der Waals surface area contributed by atoms with E-state index in [1.165, 1.54) is 31.4 Å². The minimum atomic E-state index is -4.67. The summed E-state index contributed by atoms with van der Waals surface area (Å²) in [7, 11) is 0. The van der Waals surface area contributed by atoms with E-state index in [1.807, 2.05) is 0 Å². The summed E-state index contributed by atoms with van der Waals surface area (Å²) >= 11 is 0. The van der Waals surface area contributed by atoms with Crippen molar-refractivity contribution in [3.63, 3.8) is 0 Å². The number of alkyl halides is 3. The molecule has 2 bridgehead atoms. The van der Waals surface area contributed by atoms with E-state index in [4.69, 9.17) is 0 Å². The molecule has 1 N–H and O–H groups in total. The predicted octanol–water partition coefficient (Wildman–Crippen LogP) is 3.67. The summed E-state index contributed by atoms with van der Waals surface area (Å²) in [5.74, 6) is -0.395. The number of amides is 1. The van der Waals surface area contributed by atoms with Crippen molar-refractivity contribution in [2.24, 2.45) is 11.8 Å². The van der Waals surface area contributed by atoms with Gasteiger partial charge in [0.2, 0.25) is 5.82 Å². The molecule has 0 unspecified atom stereocenters. The maximum Gasteiger partial charge on any atom is 0.471 e. The maximum atomic E-state index is 12.5. The lowest BCUT2D eigenvalue weighted by Gasteiger charge is -2.22. The van der Waals surface area contributed by atoms with Crippen molar-refractivity contribution in [3.8, 4) is 11.4 Å². The number of nitrogens with zero attached hydrogens (tertiary/aromatic N) is 2. The zero-order chi connectivity index (χ0) is 17.6. The molecule has 2 aromatic rings. The van der Waals surface area contributed by atoms with Gasteiger partial charge < -0.3 is 9.84 Å². The number of halogens is 3. The van der Waals surface area contributed by atoms with Gasteiger partial charge in [0.15, 0.2) is 0 Å². The predicted molar refractivity (Wildman–Crippen MR) is 81.4 cm³/mol. The van der Waals surface area contributed by atoms with Gasteiger partial charge in [-0.15, -0.1) is 0 Å². The summed E-state index contributed by atoms with van der Waals surface area (Å²) in [5, 5.41) is 6.40. The Balaban J connectivity index is 1.44. The number of aromatic nitrogens is 2. The molecule has 8 heteroatoms. The number of carbonyl (C=O) groups is 1. The Bertz CT molecular complexity index is 785. The molecule has 0 spiro atoms. The summed E-state index contributed by atoms with van der Waals surface area (Å²) in [6.45, 7) is 0. The lowest BCUT2D eigenvalue weighted by atomic mass is 9.95. The van der Waals surface area contributed by atoms with Crippen molar-refractivity contribution in [1.29, 1.82) is 0 Å². The third-order valence-electron chi connectivity index (χ3n) is 5.13. The monoisotopic (exact) mass is 351 g/mol. The highest BCUT2D eigenvalue weighted by Crippen LogP contribution is 2.44. The molecule has 2 fully saturated rings. The summed E-state index contributed by atoms with van der Waals surface area (Å²) in [4.78, 5) is 15.7. The zero-order valence-corrected chi connectivity index (χ0v) is 13.2. The molecule has 1 heterocycles. The Kier molecular flexibility index (Phi) is 3.77. The molecule has 3 atom stereocenters. The molecule has 1 aromatic heterocycles. The Morgan fingerprint density at radius 1 is 1.16 bits per heavy atom. The molecule has 0 saturated heterocycles. The number of carbonyl (C=O) groups excluding carboxylic acids is 1. The molecule has 0 radical (unpaired) electrons. The van der Waals surface area contributed by atoms with E-state index in [-0.39, 0.29) is 17.8 Å². The number of rotatable bonds is 3. The first-order chi connectivity index (χ1) is 11.9. The van der Waals surface area contributed by atoms with Gasteiger partial charge in [0.25, 0.3) is 5.91 Å². The molecule has 1 aromatic carbocycles. The quantitative estimate of drug-likeness (QED) is 0.916. The van der Waals surface area contributed by atoms with Gasteiger partial charge in [0.05, 0.1) is 0 Å². The highest BCUT2D eigenvalue weighted by Gasteiger charge is 2.40. The fraction of sp³-hybridized carbons (Fsp3) is 0.471. The molecule has 2 aliphatic rings. The minimum absolute atomic E-state index is 0.159. The van der Waals surface area contributed by atoms with Crippen LogP contribution in [0.2, 0.25) is 0 Å². The second-order valence-corrected chi connectivity index (χ2v) is 6.75. The van der Waals surface area contributed by atoms with Crippen LogP contribution in [0.5, 0.6) is 0 Å². The number of hydrogen-bond donors (Lipinski definition) is 1. The highest BCUT2D eigenvalue weighted by atomic mass is 19.4. The van der Waals surface area contributed by atoms with Crippen molar-refractivity contribution in [2.75, 3.05) is 0 Å². The van der Waals surface area contributed by atoms with Gasteiger partial charge in [-0.2, -0.15) is 18.2 Å². The van der Waals surface area contributed by atoms with E-state index in [0.29, 0.717) is 17.0 Å². The summed E-state index contributed by atoms with van der Waals surface area (Å²) in [5.41, 5.74) is 0.821. The first kappa shape index (κ1) is 16.1. The Morgan fingerprint density at radius 3 is 2.48 bits per heavy atom. The average Bonchev–Trinajstić information content (AvgIpc) is 3.30. The van der Waals surface area contributed by atoms with Crippen LogP contribution in [0.3, 0.4) is 0 Å². The van der Waals surface area contributed by atoms with Crippen LogP contribution < -0.4 is 5.32 Å². The minimum Gasteiger partial charge on any atom is -0.349 e. The van der Waals surface area contributed by atoms with Crippen LogP contribution in [-0.2, 0) is 6.18 Å². The number of hydrogen-bond acceptors (Lipinski definition) is 4. The van der Waals surface area contributed by atoms with Crippen LogP contribution in [-0.4, -0.2) is 22.1 Å². The van der Waals surface area contributed by atoms with Gasteiger partial charge in [0, 0.05) is 17.2 Å². The lowest BCUT2D eigenvalue weighted by molar-refractivity contribution is -0.159. The molecular formula is C17H16F3N3O2. The maximum absolute atomic E-state index is 12.5. The third kappa shape index (κ3) is 3.12. The first-order valence-electron chi connectivity index (χ1n) is 8.22. The smallest absolute Gasteiger partial charge is 0.349 e. The molecule has 2 aliphatic carbocycles. The Morgan fingerprint density at radius 2 is 1.92 bits per heavy atom. The van der Waals surface area contributed by atoms with Crippen molar-refractivity contribution in [1.82, 2.24) is 15.5 Å². The largest absolute Gasteiger partial charge is 0.471 e. The Labute approximate surface area is 141 Å². The molecule has 25 heavy (non-hydrogen) atoms. The zero-order valence-electron chi connectivity index (χ0n) is 13.2. The number of nitrogens with one attached hydrogen (secondary N) is 1. The lowest BCUT2D eigenvalue weighted by Crippen LogP contribution is -2.38. The third-order valence-corrected chi connectivity index (χ3v) is 5.13. The van der Waals surface area contributed by atoms with Crippen molar-refractivity contribution < 1.29 is 22.5 Å². The van der Waals surface area contributed by atoms with Crippen LogP contribution in [0, 0.1) is 11.8 Å². The second-order valence-electron chi connectivity index (χ2n) is 6.75. The molecule has 4 rings (SSSR count). The Hall–Kier alpha value is -2.38. The first-order valence-corrected chi connectivity index (χ1v) is 8.22. The van der Waals surface area contributed by atoms with E-state index in [2.05, 4.69) is 20.0 Å². The molecule has 2 saturated carbocycles. The van der Waals surface area contributed by atoms with E-state index in [0.717, 1.165) is 12.3 Å². The van der Waals surface area contributed by atoms with Gasteiger partial charge in [-0.1, -0.05) is 23.7 Å². The van der Waals surface area contributed by atoms with Gasteiger partial charge in [-0.05, 0) is 43.2 Å². The van der Waals surface area contributed by atoms with E-state index in [1.54, 1.807) is 12.1 Å². The van der Waals surface area contributed by atoms with Gasteiger partial charge in [0.1, 0.15) is 0 Å². The standard InChI is InChI=1S/C17H16F3N3O2/c18-17(19,20)16-22-14(23-25-16)10-3-5-11(6-4-10)15(24)21-13-8-9-1-2-12(13)7-9/h3-6,9,12-13H,1-2,7-8H2,(H,21,24)/t9-,12-,13-/m0/s1. The van der Waals surface area contributed by atoms with Crippen molar-refractivity contribution >= 4 is 5.91 Å². The van der Waals surface area contributed by atoms with Crippen LogP contribution in [0.15, 0.2) is 28.8 Å². The van der Waals surface area contributed by atoms with Crippen molar-refractivity contribution in [2.45, 2.75) is 37.9 Å². The highest BCUT2D eigenvalue weighted by molar-refractivity contribution is 5.94. The molecule has 1 amide bonds. The van der Waals surface area contributed by atoms with Gasteiger partial charge >= 0.3 is 12.1 Å². The second kappa shape index (κ2) is 5.86. The van der Waals surface area contributed by atoms with Crippen molar-refractivity contribution in [3.05, 3.63) is 35.7 Å². The summed E-state index contributed by atoms with van der Waals surface area (Å²) in [6, 6.07) is 6.38. The van der Waals surface area contributed by atoms with Crippen LogP contribution >= 0.6 is 0 Å². The summed E-state index contributed by atoms with van der Waals surface area (Å²) < 4.78 is 41.7. The van der Waals surface area contributed by atoms with E-state index < -0.39 is 12.1 Å². The number of fused-ring (bicyclic) bond motifs is 2. The van der Waals surface area contributed by atoms with Gasteiger partial charge in [-0.25, -0.2) is 0 Å². The topological polar surface area (TPSA) is 68.0 Å². The number of benzene rings is 1. The van der Waals surface area contributed by atoms with Crippen LogP contribution in [0.4, 0.5) is 13.2 Å². The average molecular weight is 351 g/mol. The van der Waals surface area contributed by atoms with Gasteiger partial charge in [-0.3, -0.25) is 4.79 Å². The summed E-state index contributed by atoms with van der Waals surface area (Å²) in [6.07, 6.45) is -0.00315. The molecule has 0 aliphatic heterocycles. The van der Waals surface area contributed by atoms with E-state index >= 15 is 0 Å².